The molecule has 2 rings (SSSR count). The summed E-state index contributed by atoms with van der Waals surface area (Å²) in [7, 11) is 0. The molecule has 0 amide bonds. The zero-order chi connectivity index (χ0) is 14.0. The molecule has 0 bridgehead atoms. The summed E-state index contributed by atoms with van der Waals surface area (Å²) in [5.74, 6) is -2.40. The Balaban J connectivity index is 2.46. The highest BCUT2D eigenvalue weighted by Gasteiger charge is 2.20. The van der Waals surface area contributed by atoms with Crippen molar-refractivity contribution in [3.05, 3.63) is 63.2 Å². The summed E-state index contributed by atoms with van der Waals surface area (Å²) in [6.07, 6.45) is 0. The minimum atomic E-state index is -0.978. The molecule has 0 aliphatic heterocycles. The molecular formula is C12H6ClF2NO3. The molecule has 0 saturated carbocycles. The lowest BCUT2D eigenvalue weighted by atomic mass is 10.3. The topological polar surface area (TPSA) is 52.4 Å². The zero-order valence-electron chi connectivity index (χ0n) is 9.27. The molecule has 0 unspecified atom stereocenters. The summed E-state index contributed by atoms with van der Waals surface area (Å²) in [4.78, 5) is 10.1. The molecule has 0 spiro atoms. The second kappa shape index (κ2) is 5.19. The minimum absolute atomic E-state index is 0.0436. The molecular weight excluding hydrogens is 280 g/mol. The first-order valence-corrected chi connectivity index (χ1v) is 5.42. The molecule has 0 saturated heterocycles. The molecule has 0 fully saturated rings. The van der Waals surface area contributed by atoms with Gasteiger partial charge in [-0.15, -0.1) is 0 Å². The standard InChI is InChI=1S/C12H6ClF2NO3/c13-8-2-1-3-10(16(17)18)12(8)19-11-5-4-7(14)6-9(11)15/h1-6H. The van der Waals surface area contributed by atoms with Crippen molar-refractivity contribution in [2.24, 2.45) is 0 Å². The Morgan fingerprint density at radius 1 is 1.21 bits per heavy atom. The van der Waals surface area contributed by atoms with Crippen molar-refractivity contribution < 1.29 is 18.4 Å². The number of ether oxygens (including phenoxy) is 1. The van der Waals surface area contributed by atoms with Crippen LogP contribution in [-0.2, 0) is 0 Å². The normalized spacial score (nSPS) is 10.3. The van der Waals surface area contributed by atoms with Crippen LogP contribution in [-0.4, -0.2) is 4.92 Å². The highest BCUT2D eigenvalue weighted by atomic mass is 35.5. The Hall–Kier alpha value is -2.21. The van der Waals surface area contributed by atoms with Crippen LogP contribution in [0.25, 0.3) is 0 Å². The second-order valence-electron chi connectivity index (χ2n) is 3.52. The van der Waals surface area contributed by atoms with E-state index in [0.717, 1.165) is 12.1 Å². The fourth-order valence-corrected chi connectivity index (χ4v) is 1.62. The fourth-order valence-electron chi connectivity index (χ4n) is 1.41. The number of halogens is 3. The summed E-state index contributed by atoms with van der Waals surface area (Å²) in [5.41, 5.74) is -0.406. The highest BCUT2D eigenvalue weighted by Crippen LogP contribution is 2.38. The van der Waals surface area contributed by atoms with Crippen molar-refractivity contribution >= 4 is 17.3 Å². The fraction of sp³-hybridized carbons (Fsp3) is 0. The predicted octanol–water partition coefficient (Wildman–Crippen LogP) is 4.32. The van der Waals surface area contributed by atoms with Crippen LogP contribution in [0.4, 0.5) is 14.5 Å². The highest BCUT2D eigenvalue weighted by molar-refractivity contribution is 6.32. The first kappa shape index (κ1) is 13.2. The van der Waals surface area contributed by atoms with Gasteiger partial charge in [-0.2, -0.15) is 0 Å². The van der Waals surface area contributed by atoms with Gasteiger partial charge in [-0.3, -0.25) is 10.1 Å². The van der Waals surface area contributed by atoms with E-state index in [1.165, 1.54) is 18.2 Å². The smallest absolute Gasteiger partial charge is 0.313 e. The lowest BCUT2D eigenvalue weighted by Crippen LogP contribution is -1.95. The van der Waals surface area contributed by atoms with Gasteiger partial charge < -0.3 is 4.74 Å². The van der Waals surface area contributed by atoms with Crippen LogP contribution in [0.1, 0.15) is 0 Å². The third-order valence-electron chi connectivity index (χ3n) is 2.25. The number of benzene rings is 2. The van der Waals surface area contributed by atoms with Crippen LogP contribution in [0.5, 0.6) is 11.5 Å². The van der Waals surface area contributed by atoms with E-state index in [0.29, 0.717) is 6.07 Å². The van der Waals surface area contributed by atoms with Crippen molar-refractivity contribution in [1.29, 1.82) is 0 Å². The van der Waals surface area contributed by atoms with E-state index in [9.17, 15) is 18.9 Å². The summed E-state index contributed by atoms with van der Waals surface area (Å²) in [5, 5.41) is 10.8. The first-order valence-electron chi connectivity index (χ1n) is 5.05. The molecule has 19 heavy (non-hydrogen) atoms. The largest absolute Gasteiger partial charge is 0.445 e. The lowest BCUT2D eigenvalue weighted by Gasteiger charge is -2.08. The van der Waals surface area contributed by atoms with E-state index < -0.39 is 22.2 Å². The maximum absolute atomic E-state index is 13.4. The number of hydrogen-bond donors (Lipinski definition) is 0. The average molecular weight is 286 g/mol. The van der Waals surface area contributed by atoms with E-state index in [1.54, 1.807) is 0 Å². The Kier molecular flexibility index (Phi) is 3.62. The van der Waals surface area contributed by atoms with E-state index in [-0.39, 0.29) is 16.5 Å². The Bertz CT molecular complexity index is 649. The molecule has 0 atom stereocenters. The summed E-state index contributed by atoms with van der Waals surface area (Å²) < 4.78 is 31.2. The third-order valence-corrected chi connectivity index (χ3v) is 2.55. The van der Waals surface area contributed by atoms with Crippen LogP contribution >= 0.6 is 11.6 Å². The van der Waals surface area contributed by atoms with Crippen LogP contribution in [0, 0.1) is 21.7 Å². The Morgan fingerprint density at radius 2 is 1.95 bits per heavy atom. The van der Waals surface area contributed by atoms with E-state index >= 15 is 0 Å². The van der Waals surface area contributed by atoms with Gasteiger partial charge >= 0.3 is 5.69 Å². The zero-order valence-corrected chi connectivity index (χ0v) is 10.0. The van der Waals surface area contributed by atoms with E-state index in [1.807, 2.05) is 0 Å². The molecule has 0 aliphatic carbocycles. The number of hydrogen-bond acceptors (Lipinski definition) is 3. The Labute approximate surface area is 111 Å². The van der Waals surface area contributed by atoms with Gasteiger partial charge in [-0.05, 0) is 18.2 Å². The van der Waals surface area contributed by atoms with Gasteiger partial charge in [0, 0.05) is 12.1 Å². The molecule has 4 nitrogen and oxygen atoms in total. The SMILES string of the molecule is O=[N+]([O-])c1cccc(Cl)c1Oc1ccc(F)cc1F. The van der Waals surface area contributed by atoms with Crippen molar-refractivity contribution in [2.75, 3.05) is 0 Å². The molecule has 98 valence electrons. The van der Waals surface area contributed by atoms with Gasteiger partial charge in [0.1, 0.15) is 5.82 Å². The number of para-hydroxylation sites is 1. The number of nitro benzene ring substituents is 1. The molecule has 0 aromatic heterocycles. The molecule has 0 radical (unpaired) electrons. The first-order chi connectivity index (χ1) is 8.99. The lowest BCUT2D eigenvalue weighted by molar-refractivity contribution is -0.385. The molecule has 2 aromatic carbocycles. The quantitative estimate of drug-likeness (QED) is 0.623. The number of rotatable bonds is 3. The minimum Gasteiger partial charge on any atom is -0.445 e. The third kappa shape index (κ3) is 2.79. The van der Waals surface area contributed by atoms with Gasteiger partial charge in [-0.25, -0.2) is 8.78 Å². The monoisotopic (exact) mass is 285 g/mol. The maximum Gasteiger partial charge on any atom is 0.313 e. The van der Waals surface area contributed by atoms with Crippen molar-refractivity contribution in [1.82, 2.24) is 0 Å². The molecule has 2 aromatic rings. The van der Waals surface area contributed by atoms with Crippen LogP contribution < -0.4 is 4.74 Å². The summed E-state index contributed by atoms with van der Waals surface area (Å²) >= 11 is 5.78. The molecule has 0 heterocycles. The van der Waals surface area contributed by atoms with Gasteiger partial charge in [0.15, 0.2) is 11.6 Å². The summed E-state index contributed by atoms with van der Waals surface area (Å²) in [6.45, 7) is 0. The average Bonchev–Trinajstić information content (AvgIpc) is 2.34. The van der Waals surface area contributed by atoms with Gasteiger partial charge in [-0.1, -0.05) is 17.7 Å². The predicted molar refractivity (Wildman–Crippen MR) is 64.5 cm³/mol. The van der Waals surface area contributed by atoms with Crippen molar-refractivity contribution in [3.8, 4) is 11.5 Å². The van der Waals surface area contributed by atoms with Crippen LogP contribution in [0.2, 0.25) is 5.02 Å². The van der Waals surface area contributed by atoms with Crippen LogP contribution in [0.15, 0.2) is 36.4 Å². The van der Waals surface area contributed by atoms with Crippen molar-refractivity contribution in [3.63, 3.8) is 0 Å². The van der Waals surface area contributed by atoms with E-state index in [4.69, 9.17) is 16.3 Å². The number of nitrogens with zero attached hydrogens (tertiary/aromatic N) is 1. The second-order valence-corrected chi connectivity index (χ2v) is 3.93. The van der Waals surface area contributed by atoms with Crippen LogP contribution in [0.3, 0.4) is 0 Å². The summed E-state index contributed by atoms with van der Waals surface area (Å²) in [6, 6.07) is 6.51. The van der Waals surface area contributed by atoms with Gasteiger partial charge in [0.05, 0.1) is 9.95 Å². The maximum atomic E-state index is 13.4. The van der Waals surface area contributed by atoms with E-state index in [2.05, 4.69) is 0 Å². The molecule has 0 N–H and O–H groups in total. The van der Waals surface area contributed by atoms with Gasteiger partial charge in [0.2, 0.25) is 5.75 Å². The Morgan fingerprint density at radius 3 is 2.58 bits per heavy atom. The number of nitro groups is 1. The van der Waals surface area contributed by atoms with Gasteiger partial charge in [0.25, 0.3) is 0 Å². The molecule has 7 heteroatoms. The molecule has 0 aliphatic rings. The van der Waals surface area contributed by atoms with Crippen molar-refractivity contribution in [2.45, 2.75) is 0 Å².